The van der Waals surface area contributed by atoms with Crippen molar-refractivity contribution in [1.82, 2.24) is 5.32 Å². The maximum Gasteiger partial charge on any atom is 0.154 e. The van der Waals surface area contributed by atoms with Crippen LogP contribution in [0, 0.1) is 5.92 Å². The average molecular weight is 275 g/mol. The lowest BCUT2D eigenvalue weighted by atomic mass is 10.0. The molecule has 0 aromatic carbocycles. The lowest BCUT2D eigenvalue weighted by molar-refractivity contribution is 0.376. The Morgan fingerprint density at radius 3 is 2.33 bits per heavy atom. The first-order valence-corrected chi connectivity index (χ1v) is 8.95. The maximum absolute atomic E-state index is 12.3. The minimum Gasteiger partial charge on any atom is -0.311 e. The predicted molar refractivity (Wildman–Crippen MR) is 77.6 cm³/mol. The van der Waals surface area contributed by atoms with Crippen LogP contribution in [0.1, 0.15) is 59.8 Å². The van der Waals surface area contributed by atoms with E-state index >= 15 is 0 Å². The third-order valence-electron chi connectivity index (χ3n) is 4.31. The average Bonchev–Trinajstić information content (AvgIpc) is 2.78. The van der Waals surface area contributed by atoms with Crippen LogP contribution >= 0.6 is 0 Å². The molecule has 1 atom stereocenters. The fraction of sp³-hybridized carbons (Fsp3) is 1.00. The first-order chi connectivity index (χ1) is 8.27. The zero-order valence-corrected chi connectivity index (χ0v) is 13.1. The molecular formula is C14H29NO2S. The molecule has 0 spiro atoms. The molecule has 3 nitrogen and oxygen atoms in total. The second kappa shape index (κ2) is 6.38. The zero-order chi connectivity index (χ0) is 13.8. The SMILES string of the molecule is CCC(C)(C)NCC(C)S(=O)(=O)CC1CCCC1. The summed E-state index contributed by atoms with van der Waals surface area (Å²) in [6, 6.07) is 0. The highest BCUT2D eigenvalue weighted by atomic mass is 32.2. The Kier molecular flexibility index (Phi) is 5.66. The summed E-state index contributed by atoms with van der Waals surface area (Å²) in [5.41, 5.74) is 0.0249. The van der Waals surface area contributed by atoms with Gasteiger partial charge in [-0.15, -0.1) is 0 Å². The van der Waals surface area contributed by atoms with Crippen molar-refractivity contribution in [3.63, 3.8) is 0 Å². The van der Waals surface area contributed by atoms with Crippen LogP contribution in [0.2, 0.25) is 0 Å². The van der Waals surface area contributed by atoms with Crippen LogP contribution in [0.25, 0.3) is 0 Å². The van der Waals surface area contributed by atoms with Crippen LogP contribution in [0.5, 0.6) is 0 Å². The van der Waals surface area contributed by atoms with Gasteiger partial charge in [-0.25, -0.2) is 8.42 Å². The molecule has 18 heavy (non-hydrogen) atoms. The molecule has 1 aliphatic carbocycles. The van der Waals surface area contributed by atoms with Gasteiger partial charge in [-0.05, 0) is 46.0 Å². The van der Waals surface area contributed by atoms with Gasteiger partial charge < -0.3 is 5.32 Å². The predicted octanol–water partition coefficient (Wildman–Crippen LogP) is 2.76. The summed E-state index contributed by atoms with van der Waals surface area (Å²) in [5.74, 6) is 0.805. The summed E-state index contributed by atoms with van der Waals surface area (Å²) in [6.07, 6.45) is 5.60. The Bertz CT molecular complexity index is 343. The number of hydrogen-bond donors (Lipinski definition) is 1. The monoisotopic (exact) mass is 275 g/mol. The summed E-state index contributed by atoms with van der Waals surface area (Å²) in [5, 5.41) is 3.09. The molecule has 1 unspecified atom stereocenters. The lowest BCUT2D eigenvalue weighted by Gasteiger charge is -2.27. The summed E-state index contributed by atoms with van der Waals surface area (Å²) in [4.78, 5) is 0. The Balaban J connectivity index is 2.46. The van der Waals surface area contributed by atoms with Gasteiger partial charge in [0, 0.05) is 12.1 Å². The maximum atomic E-state index is 12.3. The minimum atomic E-state index is -2.94. The Labute approximate surface area is 113 Å². The van der Waals surface area contributed by atoms with Gasteiger partial charge in [0.2, 0.25) is 0 Å². The van der Waals surface area contributed by atoms with Crippen molar-refractivity contribution in [1.29, 1.82) is 0 Å². The molecule has 0 heterocycles. The molecular weight excluding hydrogens is 246 g/mol. The standard InChI is InChI=1S/C14H29NO2S/c1-5-14(3,4)15-10-12(2)18(16,17)11-13-8-6-7-9-13/h12-13,15H,5-11H2,1-4H3. The van der Waals surface area contributed by atoms with Crippen LogP contribution in [0.3, 0.4) is 0 Å². The van der Waals surface area contributed by atoms with Gasteiger partial charge in [0.1, 0.15) is 0 Å². The highest BCUT2D eigenvalue weighted by Gasteiger charge is 2.28. The number of nitrogens with one attached hydrogen (secondary N) is 1. The summed E-state index contributed by atoms with van der Waals surface area (Å²) < 4.78 is 24.5. The van der Waals surface area contributed by atoms with Gasteiger partial charge in [-0.3, -0.25) is 0 Å². The molecule has 0 aliphatic heterocycles. The van der Waals surface area contributed by atoms with Crippen molar-refractivity contribution in [3.8, 4) is 0 Å². The highest BCUT2D eigenvalue weighted by Crippen LogP contribution is 2.27. The van der Waals surface area contributed by atoms with Crippen molar-refractivity contribution in [3.05, 3.63) is 0 Å². The van der Waals surface area contributed by atoms with E-state index in [1.165, 1.54) is 12.8 Å². The quantitative estimate of drug-likeness (QED) is 0.777. The van der Waals surface area contributed by atoms with E-state index < -0.39 is 9.84 Å². The van der Waals surface area contributed by atoms with Crippen LogP contribution in [-0.2, 0) is 9.84 Å². The number of hydrogen-bond acceptors (Lipinski definition) is 3. The lowest BCUT2D eigenvalue weighted by Crippen LogP contribution is -2.44. The van der Waals surface area contributed by atoms with Crippen LogP contribution < -0.4 is 5.32 Å². The zero-order valence-electron chi connectivity index (χ0n) is 12.3. The van der Waals surface area contributed by atoms with Crippen molar-refractivity contribution < 1.29 is 8.42 Å². The van der Waals surface area contributed by atoms with Gasteiger partial charge in [0.15, 0.2) is 9.84 Å². The van der Waals surface area contributed by atoms with Gasteiger partial charge >= 0.3 is 0 Å². The van der Waals surface area contributed by atoms with E-state index in [0.717, 1.165) is 19.3 Å². The molecule has 1 fully saturated rings. The molecule has 1 rings (SSSR count). The van der Waals surface area contributed by atoms with E-state index in [9.17, 15) is 8.42 Å². The fourth-order valence-corrected chi connectivity index (χ4v) is 4.00. The van der Waals surface area contributed by atoms with Crippen LogP contribution in [0.15, 0.2) is 0 Å². The third kappa shape index (κ3) is 4.88. The van der Waals surface area contributed by atoms with E-state index in [1.807, 2.05) is 6.92 Å². The van der Waals surface area contributed by atoms with Crippen LogP contribution in [0.4, 0.5) is 0 Å². The molecule has 0 aromatic heterocycles. The van der Waals surface area contributed by atoms with E-state index in [0.29, 0.717) is 18.2 Å². The Hall–Kier alpha value is -0.0900. The Morgan fingerprint density at radius 1 is 1.28 bits per heavy atom. The second-order valence-electron chi connectivity index (χ2n) is 6.41. The third-order valence-corrected chi connectivity index (χ3v) is 6.64. The minimum absolute atomic E-state index is 0.0249. The van der Waals surface area contributed by atoms with E-state index in [2.05, 4.69) is 26.1 Å². The van der Waals surface area contributed by atoms with E-state index in [4.69, 9.17) is 0 Å². The molecule has 0 bridgehead atoms. The molecule has 0 aromatic rings. The van der Waals surface area contributed by atoms with Gasteiger partial charge in [-0.2, -0.15) is 0 Å². The molecule has 0 saturated heterocycles. The van der Waals surface area contributed by atoms with E-state index in [1.54, 1.807) is 0 Å². The molecule has 1 saturated carbocycles. The van der Waals surface area contributed by atoms with Gasteiger partial charge in [0.25, 0.3) is 0 Å². The summed E-state index contributed by atoms with van der Waals surface area (Å²) >= 11 is 0. The topological polar surface area (TPSA) is 46.2 Å². The summed E-state index contributed by atoms with van der Waals surface area (Å²) in [6.45, 7) is 8.75. The largest absolute Gasteiger partial charge is 0.311 e. The molecule has 4 heteroatoms. The van der Waals surface area contributed by atoms with Gasteiger partial charge in [0.05, 0.1) is 11.0 Å². The van der Waals surface area contributed by atoms with Crippen molar-refractivity contribution >= 4 is 9.84 Å². The normalized spacial score (nSPS) is 20.2. The van der Waals surface area contributed by atoms with Crippen LogP contribution in [-0.4, -0.2) is 31.5 Å². The molecule has 1 aliphatic rings. The summed E-state index contributed by atoms with van der Waals surface area (Å²) in [7, 11) is -2.94. The van der Waals surface area contributed by atoms with E-state index in [-0.39, 0.29) is 10.8 Å². The number of rotatable bonds is 7. The molecule has 0 amide bonds. The first-order valence-electron chi connectivity index (χ1n) is 7.23. The van der Waals surface area contributed by atoms with Crippen molar-refractivity contribution in [2.24, 2.45) is 5.92 Å². The first kappa shape index (κ1) is 16.0. The molecule has 108 valence electrons. The Morgan fingerprint density at radius 2 is 1.83 bits per heavy atom. The van der Waals surface area contributed by atoms with Gasteiger partial charge in [-0.1, -0.05) is 19.8 Å². The van der Waals surface area contributed by atoms with Crippen molar-refractivity contribution in [2.45, 2.75) is 70.6 Å². The highest BCUT2D eigenvalue weighted by molar-refractivity contribution is 7.92. The molecule has 0 radical (unpaired) electrons. The fourth-order valence-electron chi connectivity index (χ4n) is 2.34. The second-order valence-corrected chi connectivity index (χ2v) is 8.87. The number of sulfone groups is 1. The molecule has 1 N–H and O–H groups in total. The van der Waals surface area contributed by atoms with Crippen molar-refractivity contribution in [2.75, 3.05) is 12.3 Å². The smallest absolute Gasteiger partial charge is 0.154 e.